The number of aromatic nitrogens is 2. The molecular weight excluding hydrogens is 358 g/mol. The number of hydrogen-bond acceptors (Lipinski definition) is 5. The molecule has 2 rings (SSSR count). The van der Waals surface area contributed by atoms with Crippen LogP contribution in [0, 0.1) is 24.0 Å². The maximum absolute atomic E-state index is 12.1. The zero-order valence-corrected chi connectivity index (χ0v) is 16.3. The van der Waals surface area contributed by atoms with Crippen molar-refractivity contribution in [3.05, 3.63) is 55.9 Å². The fourth-order valence-corrected chi connectivity index (χ4v) is 2.84. The number of esters is 1. The first kappa shape index (κ1) is 19.9. The van der Waals surface area contributed by atoms with Crippen molar-refractivity contribution < 1.29 is 14.5 Å². The molecule has 0 N–H and O–H groups in total. The number of nitro benzene ring substituents is 1. The molecule has 2 aromatic rings. The summed E-state index contributed by atoms with van der Waals surface area (Å²) in [6, 6.07) is 4.35. The quantitative estimate of drug-likeness (QED) is 0.445. The van der Waals surface area contributed by atoms with Gasteiger partial charge in [0.25, 0.3) is 5.69 Å². The minimum atomic E-state index is -0.541. The maximum Gasteiger partial charge on any atom is 0.310 e. The number of carbonyl (C=O) groups excluding carboxylic acids is 1. The van der Waals surface area contributed by atoms with Crippen LogP contribution >= 0.6 is 11.6 Å². The van der Waals surface area contributed by atoms with Crippen LogP contribution in [-0.2, 0) is 22.5 Å². The summed E-state index contributed by atoms with van der Waals surface area (Å²) >= 11 is 6.16. The van der Waals surface area contributed by atoms with Crippen LogP contribution in [0.3, 0.4) is 0 Å². The van der Waals surface area contributed by atoms with Crippen molar-refractivity contribution in [3.8, 4) is 0 Å². The third-order valence-corrected chi connectivity index (χ3v) is 4.19. The third kappa shape index (κ3) is 4.82. The predicted octanol–water partition coefficient (Wildman–Crippen LogP) is 3.99. The zero-order valence-electron chi connectivity index (χ0n) is 15.5. The van der Waals surface area contributed by atoms with E-state index in [0.717, 1.165) is 17.0 Å². The van der Waals surface area contributed by atoms with Crippen LogP contribution in [0.4, 0.5) is 5.69 Å². The number of rotatable bonds is 5. The lowest BCUT2D eigenvalue weighted by Gasteiger charge is -2.19. The maximum atomic E-state index is 12.1. The van der Waals surface area contributed by atoms with E-state index in [1.807, 2.05) is 34.6 Å². The molecule has 0 aliphatic rings. The lowest BCUT2D eigenvalue weighted by Crippen LogP contribution is -2.25. The Hall–Kier alpha value is -2.41. The molecule has 8 heteroatoms. The zero-order chi connectivity index (χ0) is 19.6. The van der Waals surface area contributed by atoms with Gasteiger partial charge in [-0.05, 0) is 46.2 Å². The Labute approximate surface area is 157 Å². The van der Waals surface area contributed by atoms with Crippen LogP contribution in [0.25, 0.3) is 0 Å². The second kappa shape index (κ2) is 7.45. The molecule has 26 heavy (non-hydrogen) atoms. The van der Waals surface area contributed by atoms with Gasteiger partial charge in [-0.2, -0.15) is 5.10 Å². The fraction of sp³-hybridized carbons (Fsp3) is 0.444. The van der Waals surface area contributed by atoms with Crippen molar-refractivity contribution in [3.63, 3.8) is 0 Å². The molecule has 1 heterocycles. The molecule has 0 atom stereocenters. The molecule has 0 saturated heterocycles. The third-order valence-electron chi connectivity index (χ3n) is 3.84. The average molecular weight is 380 g/mol. The highest BCUT2D eigenvalue weighted by Gasteiger charge is 2.21. The Kier molecular flexibility index (Phi) is 5.71. The summed E-state index contributed by atoms with van der Waals surface area (Å²) in [7, 11) is 0. The number of halogens is 1. The van der Waals surface area contributed by atoms with Crippen LogP contribution < -0.4 is 0 Å². The number of non-ortho nitro benzene ring substituents is 1. The van der Waals surface area contributed by atoms with E-state index in [9.17, 15) is 14.9 Å². The van der Waals surface area contributed by atoms with Gasteiger partial charge >= 0.3 is 5.97 Å². The van der Waals surface area contributed by atoms with Crippen molar-refractivity contribution in [1.29, 1.82) is 0 Å². The molecule has 0 amide bonds. The number of carbonyl (C=O) groups is 1. The molecule has 7 nitrogen and oxygen atoms in total. The molecule has 1 aromatic heterocycles. The van der Waals surface area contributed by atoms with E-state index in [1.54, 1.807) is 10.7 Å². The number of nitrogens with zero attached hydrogens (tertiary/aromatic N) is 3. The van der Waals surface area contributed by atoms with E-state index >= 15 is 0 Å². The molecule has 0 spiro atoms. The number of nitro groups is 1. The number of ether oxygens (including phenoxy) is 1. The molecule has 0 radical (unpaired) electrons. The highest BCUT2D eigenvalue weighted by molar-refractivity contribution is 6.31. The van der Waals surface area contributed by atoms with Gasteiger partial charge in [-0.15, -0.1) is 0 Å². The van der Waals surface area contributed by atoms with Crippen molar-refractivity contribution in [2.75, 3.05) is 0 Å². The van der Waals surface area contributed by atoms with E-state index in [2.05, 4.69) is 5.10 Å². The minimum absolute atomic E-state index is 0.0577. The molecule has 0 saturated carbocycles. The summed E-state index contributed by atoms with van der Waals surface area (Å²) in [5.74, 6) is -0.309. The summed E-state index contributed by atoms with van der Waals surface area (Å²) in [4.78, 5) is 22.4. The molecular formula is C18H22ClN3O4. The summed E-state index contributed by atoms with van der Waals surface area (Å²) in [5.41, 5.74) is 2.51. The molecule has 0 fully saturated rings. The molecule has 0 bridgehead atoms. The fourth-order valence-electron chi connectivity index (χ4n) is 2.61. The van der Waals surface area contributed by atoms with Crippen molar-refractivity contribution in [2.24, 2.45) is 0 Å². The Morgan fingerprint density at radius 2 is 2.00 bits per heavy atom. The lowest BCUT2D eigenvalue weighted by atomic mass is 10.1. The first-order valence-electron chi connectivity index (χ1n) is 8.15. The van der Waals surface area contributed by atoms with Crippen LogP contribution in [0.5, 0.6) is 0 Å². The highest BCUT2D eigenvalue weighted by Crippen LogP contribution is 2.24. The summed E-state index contributed by atoms with van der Waals surface area (Å²) in [6.45, 7) is 9.54. The topological polar surface area (TPSA) is 87.3 Å². The number of benzene rings is 1. The second-order valence-corrected chi connectivity index (χ2v) is 7.51. The second-order valence-electron chi connectivity index (χ2n) is 7.10. The first-order chi connectivity index (χ1) is 12.0. The van der Waals surface area contributed by atoms with Gasteiger partial charge in [-0.25, -0.2) is 0 Å². The van der Waals surface area contributed by atoms with Gasteiger partial charge in [0, 0.05) is 23.4 Å². The van der Waals surface area contributed by atoms with Crippen LogP contribution in [-0.4, -0.2) is 26.3 Å². The molecule has 0 aliphatic carbocycles. The van der Waals surface area contributed by atoms with E-state index in [-0.39, 0.29) is 18.1 Å². The van der Waals surface area contributed by atoms with Gasteiger partial charge in [0.2, 0.25) is 0 Å². The average Bonchev–Trinajstić information content (AvgIpc) is 2.75. The van der Waals surface area contributed by atoms with E-state index < -0.39 is 10.5 Å². The SMILES string of the molecule is Cc1nn(Cc2ccc([N+](=O)[O-])cc2Cl)c(C)c1CC(=O)OC(C)(C)C. The van der Waals surface area contributed by atoms with Gasteiger partial charge in [-0.1, -0.05) is 11.6 Å². The monoisotopic (exact) mass is 379 g/mol. The van der Waals surface area contributed by atoms with E-state index in [0.29, 0.717) is 17.1 Å². The van der Waals surface area contributed by atoms with Crippen LogP contribution in [0.2, 0.25) is 5.02 Å². The largest absolute Gasteiger partial charge is 0.460 e. The lowest BCUT2D eigenvalue weighted by molar-refractivity contribution is -0.384. The standard InChI is InChI=1S/C18H22ClN3O4/c1-11-15(9-17(23)26-18(3,4)5)12(2)21(20-11)10-13-6-7-14(22(24)25)8-16(13)19/h6-8H,9-10H2,1-5H3. The van der Waals surface area contributed by atoms with Gasteiger partial charge in [0.05, 0.1) is 28.6 Å². The normalized spacial score (nSPS) is 11.5. The molecule has 0 aliphatic heterocycles. The minimum Gasteiger partial charge on any atom is -0.460 e. The smallest absolute Gasteiger partial charge is 0.310 e. The Morgan fingerprint density at radius 3 is 2.54 bits per heavy atom. The van der Waals surface area contributed by atoms with Crippen LogP contribution in [0.1, 0.15) is 43.3 Å². The van der Waals surface area contributed by atoms with Gasteiger partial charge < -0.3 is 4.74 Å². The van der Waals surface area contributed by atoms with Crippen LogP contribution in [0.15, 0.2) is 18.2 Å². The molecule has 140 valence electrons. The number of aryl methyl sites for hydroxylation is 1. The Bertz CT molecular complexity index is 853. The Balaban J connectivity index is 2.22. The summed E-state index contributed by atoms with van der Waals surface area (Å²) in [6.07, 6.45) is 0.142. The predicted molar refractivity (Wildman–Crippen MR) is 98.5 cm³/mol. The Morgan fingerprint density at radius 1 is 1.35 bits per heavy atom. The van der Waals surface area contributed by atoms with Crippen molar-refractivity contribution in [2.45, 2.75) is 53.2 Å². The van der Waals surface area contributed by atoms with Crippen molar-refractivity contribution >= 4 is 23.3 Å². The summed E-state index contributed by atoms with van der Waals surface area (Å²) in [5, 5.41) is 15.6. The highest BCUT2D eigenvalue weighted by atomic mass is 35.5. The molecule has 1 aromatic carbocycles. The van der Waals surface area contributed by atoms with E-state index in [4.69, 9.17) is 16.3 Å². The number of hydrogen-bond donors (Lipinski definition) is 0. The summed E-state index contributed by atoms with van der Waals surface area (Å²) < 4.78 is 7.11. The van der Waals surface area contributed by atoms with Gasteiger partial charge in [-0.3, -0.25) is 19.6 Å². The first-order valence-corrected chi connectivity index (χ1v) is 8.53. The molecule has 0 unspecified atom stereocenters. The van der Waals surface area contributed by atoms with E-state index in [1.165, 1.54) is 12.1 Å². The van der Waals surface area contributed by atoms with Gasteiger partial charge in [0.1, 0.15) is 5.60 Å². The van der Waals surface area contributed by atoms with Crippen molar-refractivity contribution in [1.82, 2.24) is 9.78 Å². The van der Waals surface area contributed by atoms with Gasteiger partial charge in [0.15, 0.2) is 0 Å².